The smallest absolute Gasteiger partial charge is 0.322 e. The molecule has 90 valence electrons. The highest BCUT2D eigenvalue weighted by Crippen LogP contribution is 2.16. The molecule has 1 heterocycles. The van der Waals surface area contributed by atoms with Crippen LogP contribution >= 0.6 is 11.8 Å². The Morgan fingerprint density at radius 3 is 2.81 bits per heavy atom. The summed E-state index contributed by atoms with van der Waals surface area (Å²) in [7, 11) is 1.74. The van der Waals surface area contributed by atoms with Gasteiger partial charge in [0.2, 0.25) is 5.95 Å². The standard InChI is InChI=1S/C9H16N4O2S/c1-3-5-15-8-11-7(10-2)12-9(13-8)16-6-4-14/h14H,3-6H2,1-2H3,(H,10,11,12,13). The van der Waals surface area contributed by atoms with Crippen molar-refractivity contribution < 1.29 is 9.84 Å². The number of thioether (sulfide) groups is 1. The number of hydrogen-bond acceptors (Lipinski definition) is 7. The fourth-order valence-corrected chi connectivity index (χ4v) is 1.48. The molecule has 0 aliphatic carbocycles. The van der Waals surface area contributed by atoms with Gasteiger partial charge in [-0.25, -0.2) is 0 Å². The molecule has 0 aliphatic heterocycles. The molecule has 1 aromatic rings. The third kappa shape index (κ3) is 4.19. The molecule has 0 spiro atoms. The van der Waals surface area contributed by atoms with Gasteiger partial charge in [-0.05, 0) is 6.42 Å². The maximum Gasteiger partial charge on any atom is 0.322 e. The van der Waals surface area contributed by atoms with Crippen LogP contribution in [-0.4, -0.2) is 46.1 Å². The second-order valence-electron chi connectivity index (χ2n) is 2.89. The van der Waals surface area contributed by atoms with Crippen molar-refractivity contribution in [1.29, 1.82) is 0 Å². The van der Waals surface area contributed by atoms with Crippen LogP contribution in [-0.2, 0) is 0 Å². The minimum absolute atomic E-state index is 0.0936. The summed E-state index contributed by atoms with van der Waals surface area (Å²) >= 11 is 1.37. The van der Waals surface area contributed by atoms with E-state index < -0.39 is 0 Å². The number of aromatic nitrogens is 3. The average Bonchev–Trinajstić information content (AvgIpc) is 2.33. The van der Waals surface area contributed by atoms with Crippen molar-refractivity contribution in [3.8, 4) is 6.01 Å². The molecule has 0 atom stereocenters. The summed E-state index contributed by atoms with van der Waals surface area (Å²) in [5.41, 5.74) is 0. The first-order valence-corrected chi connectivity index (χ1v) is 6.09. The van der Waals surface area contributed by atoms with Crippen molar-refractivity contribution >= 4 is 17.7 Å². The molecule has 16 heavy (non-hydrogen) atoms. The van der Waals surface area contributed by atoms with Gasteiger partial charge in [-0.15, -0.1) is 0 Å². The lowest BCUT2D eigenvalue weighted by Crippen LogP contribution is -2.06. The molecule has 0 fully saturated rings. The summed E-state index contributed by atoms with van der Waals surface area (Å²) in [4.78, 5) is 12.3. The van der Waals surface area contributed by atoms with Crippen LogP contribution in [0.5, 0.6) is 6.01 Å². The fourth-order valence-electron chi connectivity index (χ4n) is 0.909. The van der Waals surface area contributed by atoms with Gasteiger partial charge in [0.1, 0.15) is 0 Å². The Balaban J connectivity index is 2.74. The number of anilines is 1. The number of aliphatic hydroxyl groups is 1. The topological polar surface area (TPSA) is 80.2 Å². The average molecular weight is 244 g/mol. The first kappa shape index (κ1) is 13.0. The molecule has 0 amide bonds. The van der Waals surface area contributed by atoms with E-state index >= 15 is 0 Å². The molecule has 1 rings (SSSR count). The summed E-state index contributed by atoms with van der Waals surface area (Å²) in [5, 5.41) is 12.1. The third-order valence-corrected chi connectivity index (χ3v) is 2.40. The fraction of sp³-hybridized carbons (Fsp3) is 0.667. The van der Waals surface area contributed by atoms with Gasteiger partial charge in [-0.1, -0.05) is 18.7 Å². The van der Waals surface area contributed by atoms with Crippen molar-refractivity contribution in [2.45, 2.75) is 18.5 Å². The van der Waals surface area contributed by atoms with Gasteiger partial charge in [0.05, 0.1) is 13.2 Å². The second kappa shape index (κ2) is 7.24. The van der Waals surface area contributed by atoms with Crippen molar-refractivity contribution in [2.24, 2.45) is 0 Å². The molecular formula is C9H16N4O2S. The van der Waals surface area contributed by atoms with Gasteiger partial charge in [0, 0.05) is 12.8 Å². The van der Waals surface area contributed by atoms with E-state index in [1.807, 2.05) is 6.92 Å². The zero-order valence-corrected chi connectivity index (χ0v) is 10.3. The summed E-state index contributed by atoms with van der Waals surface area (Å²) in [6.45, 7) is 2.69. The zero-order chi connectivity index (χ0) is 11.8. The van der Waals surface area contributed by atoms with E-state index in [1.54, 1.807) is 7.05 Å². The van der Waals surface area contributed by atoms with E-state index in [4.69, 9.17) is 9.84 Å². The molecule has 1 aromatic heterocycles. The number of hydrogen-bond donors (Lipinski definition) is 2. The summed E-state index contributed by atoms with van der Waals surface area (Å²) < 4.78 is 5.34. The normalized spacial score (nSPS) is 10.2. The van der Waals surface area contributed by atoms with Gasteiger partial charge in [-0.3, -0.25) is 0 Å². The minimum atomic E-state index is 0.0936. The van der Waals surface area contributed by atoms with Gasteiger partial charge >= 0.3 is 6.01 Å². The highest BCUT2D eigenvalue weighted by Gasteiger charge is 2.06. The lowest BCUT2D eigenvalue weighted by atomic mass is 10.5. The molecule has 0 saturated heterocycles. The largest absolute Gasteiger partial charge is 0.463 e. The predicted octanol–water partition coefficient (Wildman–Crippen LogP) is 0.786. The SMILES string of the molecule is CCCOc1nc(NC)nc(SCCO)n1. The molecule has 0 aromatic carbocycles. The first-order chi connectivity index (χ1) is 7.80. The van der Waals surface area contributed by atoms with Gasteiger partial charge in [0.15, 0.2) is 5.16 Å². The maximum absolute atomic E-state index is 8.73. The molecule has 2 N–H and O–H groups in total. The number of aliphatic hydroxyl groups excluding tert-OH is 1. The molecule has 0 saturated carbocycles. The zero-order valence-electron chi connectivity index (χ0n) is 9.43. The predicted molar refractivity (Wildman–Crippen MR) is 63.0 cm³/mol. The number of ether oxygens (including phenoxy) is 1. The van der Waals surface area contributed by atoms with E-state index in [0.717, 1.165) is 6.42 Å². The second-order valence-corrected chi connectivity index (χ2v) is 3.96. The number of rotatable bonds is 7. The maximum atomic E-state index is 8.73. The van der Waals surface area contributed by atoms with Crippen LogP contribution in [0.4, 0.5) is 5.95 Å². The van der Waals surface area contributed by atoms with Crippen LogP contribution < -0.4 is 10.1 Å². The molecule has 0 unspecified atom stereocenters. The Hall–Kier alpha value is -1.08. The number of nitrogens with one attached hydrogen (secondary N) is 1. The van der Waals surface area contributed by atoms with E-state index in [1.165, 1.54) is 11.8 Å². The van der Waals surface area contributed by atoms with Gasteiger partial charge < -0.3 is 15.2 Å². The van der Waals surface area contributed by atoms with Gasteiger partial charge in [0.25, 0.3) is 0 Å². The Kier molecular flexibility index (Phi) is 5.87. The summed E-state index contributed by atoms with van der Waals surface area (Å²) in [6, 6.07) is 0.321. The molecule has 6 nitrogen and oxygen atoms in total. The van der Waals surface area contributed by atoms with Gasteiger partial charge in [-0.2, -0.15) is 15.0 Å². The molecular weight excluding hydrogens is 228 g/mol. The lowest BCUT2D eigenvalue weighted by molar-refractivity contribution is 0.288. The van der Waals surface area contributed by atoms with Crippen LogP contribution in [0.25, 0.3) is 0 Å². The van der Waals surface area contributed by atoms with Crippen molar-refractivity contribution in [3.63, 3.8) is 0 Å². The minimum Gasteiger partial charge on any atom is -0.463 e. The first-order valence-electron chi connectivity index (χ1n) is 5.10. The van der Waals surface area contributed by atoms with E-state index in [2.05, 4.69) is 20.3 Å². The van der Waals surface area contributed by atoms with Crippen molar-refractivity contribution in [3.05, 3.63) is 0 Å². The highest BCUT2D eigenvalue weighted by atomic mass is 32.2. The lowest BCUT2D eigenvalue weighted by Gasteiger charge is -2.06. The van der Waals surface area contributed by atoms with Crippen molar-refractivity contribution in [2.75, 3.05) is 31.3 Å². The summed E-state index contributed by atoms with van der Waals surface area (Å²) in [6.07, 6.45) is 0.902. The molecule has 7 heteroatoms. The quantitative estimate of drug-likeness (QED) is 0.686. The summed E-state index contributed by atoms with van der Waals surface area (Å²) in [5.74, 6) is 1.03. The molecule has 0 radical (unpaired) electrons. The van der Waals surface area contributed by atoms with E-state index in [9.17, 15) is 0 Å². The Morgan fingerprint density at radius 1 is 1.38 bits per heavy atom. The third-order valence-electron chi connectivity index (χ3n) is 1.58. The van der Waals surface area contributed by atoms with Crippen molar-refractivity contribution in [1.82, 2.24) is 15.0 Å². The Labute approximate surface area is 98.9 Å². The number of nitrogens with zero attached hydrogens (tertiary/aromatic N) is 3. The van der Waals surface area contributed by atoms with E-state index in [-0.39, 0.29) is 6.61 Å². The molecule has 0 aliphatic rings. The molecule has 0 bridgehead atoms. The van der Waals surface area contributed by atoms with Crippen LogP contribution in [0.3, 0.4) is 0 Å². The monoisotopic (exact) mass is 244 g/mol. The van der Waals surface area contributed by atoms with Crippen LogP contribution in [0.1, 0.15) is 13.3 Å². The van der Waals surface area contributed by atoms with Crippen LogP contribution in [0.2, 0.25) is 0 Å². The van der Waals surface area contributed by atoms with Crippen LogP contribution in [0, 0.1) is 0 Å². The Bertz CT molecular complexity index is 298. The Morgan fingerprint density at radius 2 is 2.19 bits per heavy atom. The highest BCUT2D eigenvalue weighted by molar-refractivity contribution is 7.99. The van der Waals surface area contributed by atoms with E-state index in [0.29, 0.717) is 29.5 Å². The van der Waals surface area contributed by atoms with Crippen LogP contribution in [0.15, 0.2) is 5.16 Å².